The fourth-order valence-corrected chi connectivity index (χ4v) is 2.91. The number of aliphatic hydroxyl groups is 1. The van der Waals surface area contributed by atoms with E-state index in [1.54, 1.807) is 13.3 Å². The molecule has 0 spiro atoms. The van der Waals surface area contributed by atoms with Crippen LogP contribution >= 0.6 is 0 Å². The average Bonchev–Trinajstić information content (AvgIpc) is 2.79. The molecule has 0 fully saturated rings. The minimum absolute atomic E-state index is 0.315. The molecule has 0 aromatic carbocycles. The third-order valence-corrected chi connectivity index (χ3v) is 3.93. The van der Waals surface area contributed by atoms with E-state index in [0.717, 1.165) is 43.4 Å². The highest BCUT2D eigenvalue weighted by Crippen LogP contribution is 2.29. The molecule has 0 saturated carbocycles. The molecule has 20 heavy (non-hydrogen) atoms. The number of aryl methyl sites for hydroxylation is 1. The zero-order valence-electron chi connectivity index (χ0n) is 11.7. The molecule has 1 aliphatic carbocycles. The number of rotatable bonds is 3. The Bertz CT molecular complexity index is 592. The Morgan fingerprint density at radius 1 is 1.40 bits per heavy atom. The molecular formula is C16H20N2O2. The van der Waals surface area contributed by atoms with Crippen molar-refractivity contribution in [2.24, 2.45) is 0 Å². The monoisotopic (exact) mass is 272 g/mol. The number of methoxy groups -OCH3 is 1. The summed E-state index contributed by atoms with van der Waals surface area (Å²) in [5.41, 5.74) is 3.41. The first-order chi connectivity index (χ1) is 9.78. The molecule has 0 saturated heterocycles. The maximum Gasteiger partial charge on any atom is 0.218 e. The number of pyridine rings is 1. The van der Waals surface area contributed by atoms with E-state index in [0.29, 0.717) is 5.88 Å². The minimum atomic E-state index is -0.315. The largest absolute Gasteiger partial charge is 0.481 e. The van der Waals surface area contributed by atoms with Gasteiger partial charge >= 0.3 is 0 Å². The van der Waals surface area contributed by atoms with Crippen LogP contribution in [0, 0.1) is 0 Å². The number of ether oxygens (including phenoxy) is 1. The van der Waals surface area contributed by atoms with Crippen LogP contribution in [0.2, 0.25) is 0 Å². The van der Waals surface area contributed by atoms with E-state index in [2.05, 4.69) is 21.9 Å². The van der Waals surface area contributed by atoms with Gasteiger partial charge in [0.25, 0.3) is 0 Å². The second-order valence-electron chi connectivity index (χ2n) is 5.34. The summed E-state index contributed by atoms with van der Waals surface area (Å²) in [6.07, 6.45) is 9.82. The van der Waals surface area contributed by atoms with Crippen molar-refractivity contribution in [1.29, 1.82) is 0 Å². The molecule has 4 nitrogen and oxygen atoms in total. The highest BCUT2D eigenvalue weighted by Gasteiger charge is 2.18. The second-order valence-corrected chi connectivity index (χ2v) is 5.34. The van der Waals surface area contributed by atoms with E-state index in [1.165, 1.54) is 5.56 Å². The molecule has 4 heteroatoms. The van der Waals surface area contributed by atoms with Crippen LogP contribution in [-0.4, -0.2) is 21.8 Å². The lowest BCUT2D eigenvalue weighted by Crippen LogP contribution is -2.01. The van der Waals surface area contributed by atoms with Crippen LogP contribution in [0.4, 0.5) is 0 Å². The van der Waals surface area contributed by atoms with Crippen LogP contribution in [0.5, 0.6) is 5.88 Å². The normalized spacial score (nSPS) is 18.4. The number of aliphatic hydroxyl groups excluding tert-OH is 1. The Morgan fingerprint density at radius 3 is 3.15 bits per heavy atom. The van der Waals surface area contributed by atoms with E-state index in [1.807, 2.05) is 12.1 Å². The average molecular weight is 272 g/mol. The molecule has 2 aromatic rings. The Balaban J connectivity index is 1.87. The molecule has 1 N–H and O–H groups in total. The lowest BCUT2D eigenvalue weighted by atomic mass is 10.1. The molecule has 1 atom stereocenters. The molecular weight excluding hydrogens is 252 g/mol. The van der Waals surface area contributed by atoms with Gasteiger partial charge in [0.05, 0.1) is 19.8 Å². The van der Waals surface area contributed by atoms with Crippen LogP contribution in [0.15, 0.2) is 30.7 Å². The quantitative estimate of drug-likeness (QED) is 0.874. The Kier molecular flexibility index (Phi) is 3.74. The lowest BCUT2D eigenvalue weighted by Gasteiger charge is -2.08. The van der Waals surface area contributed by atoms with Gasteiger partial charge in [0, 0.05) is 29.7 Å². The molecule has 3 rings (SSSR count). The summed E-state index contributed by atoms with van der Waals surface area (Å²) in [7, 11) is 1.64. The first kappa shape index (κ1) is 13.2. The van der Waals surface area contributed by atoms with Crippen LogP contribution in [-0.2, 0) is 13.0 Å². The second kappa shape index (κ2) is 5.67. The summed E-state index contributed by atoms with van der Waals surface area (Å²) in [5.74, 6) is 0.664. The first-order valence-corrected chi connectivity index (χ1v) is 7.12. The fraction of sp³-hybridized carbons (Fsp3) is 0.438. The molecule has 0 aliphatic heterocycles. The van der Waals surface area contributed by atoms with Crippen molar-refractivity contribution in [3.8, 4) is 5.88 Å². The third kappa shape index (κ3) is 2.56. The van der Waals surface area contributed by atoms with Gasteiger partial charge in [-0.05, 0) is 30.9 Å². The maximum absolute atomic E-state index is 10.2. The molecule has 1 aliphatic rings. The third-order valence-electron chi connectivity index (χ3n) is 3.93. The van der Waals surface area contributed by atoms with Gasteiger partial charge in [-0.15, -0.1) is 0 Å². The van der Waals surface area contributed by atoms with Crippen molar-refractivity contribution in [1.82, 2.24) is 9.55 Å². The number of fused-ring (bicyclic) bond motifs is 1. The van der Waals surface area contributed by atoms with Gasteiger partial charge in [0.2, 0.25) is 5.88 Å². The smallest absolute Gasteiger partial charge is 0.218 e. The van der Waals surface area contributed by atoms with Crippen molar-refractivity contribution in [2.45, 2.75) is 38.3 Å². The van der Waals surface area contributed by atoms with E-state index < -0.39 is 0 Å². The summed E-state index contributed by atoms with van der Waals surface area (Å²) in [5, 5.41) is 10.2. The highest BCUT2D eigenvalue weighted by atomic mass is 16.5. The van der Waals surface area contributed by atoms with Crippen molar-refractivity contribution in [3.05, 3.63) is 47.4 Å². The standard InChI is InChI=1S/C16H20N2O2/c1-20-16-13(6-4-8-17-16)10-18-9-12-5-2-3-7-15(19)14(12)11-18/h4,6,8-9,11,15,19H,2-3,5,7,10H2,1H3. The predicted molar refractivity (Wildman–Crippen MR) is 76.8 cm³/mol. The minimum Gasteiger partial charge on any atom is -0.481 e. The van der Waals surface area contributed by atoms with Crippen LogP contribution < -0.4 is 4.74 Å². The van der Waals surface area contributed by atoms with Gasteiger partial charge in [-0.3, -0.25) is 0 Å². The molecule has 2 heterocycles. The van der Waals surface area contributed by atoms with E-state index in [-0.39, 0.29) is 6.10 Å². The van der Waals surface area contributed by atoms with Crippen LogP contribution in [0.25, 0.3) is 0 Å². The van der Waals surface area contributed by atoms with Gasteiger partial charge in [-0.1, -0.05) is 12.5 Å². The fourth-order valence-electron chi connectivity index (χ4n) is 2.91. The van der Waals surface area contributed by atoms with Gasteiger partial charge in [-0.2, -0.15) is 0 Å². The highest BCUT2D eigenvalue weighted by molar-refractivity contribution is 5.31. The summed E-state index contributed by atoms with van der Waals surface area (Å²) in [6.45, 7) is 0.719. The van der Waals surface area contributed by atoms with Crippen LogP contribution in [0.1, 0.15) is 42.1 Å². The van der Waals surface area contributed by atoms with Crippen molar-refractivity contribution in [2.75, 3.05) is 7.11 Å². The molecule has 2 aromatic heterocycles. The number of hydrogen-bond acceptors (Lipinski definition) is 3. The van der Waals surface area contributed by atoms with Gasteiger partial charge in [0.15, 0.2) is 0 Å². The summed E-state index contributed by atoms with van der Waals surface area (Å²) in [6, 6.07) is 3.94. The van der Waals surface area contributed by atoms with Crippen molar-refractivity contribution in [3.63, 3.8) is 0 Å². The molecule has 0 amide bonds. The van der Waals surface area contributed by atoms with E-state index >= 15 is 0 Å². The number of nitrogens with zero attached hydrogens (tertiary/aromatic N) is 2. The van der Waals surface area contributed by atoms with E-state index in [9.17, 15) is 5.11 Å². The van der Waals surface area contributed by atoms with Crippen LogP contribution in [0.3, 0.4) is 0 Å². The van der Waals surface area contributed by atoms with Crippen molar-refractivity contribution >= 4 is 0 Å². The predicted octanol–water partition coefficient (Wildman–Crippen LogP) is 2.70. The summed E-state index contributed by atoms with van der Waals surface area (Å²) in [4.78, 5) is 4.22. The Labute approximate surface area is 119 Å². The number of aromatic nitrogens is 2. The number of hydrogen-bond donors (Lipinski definition) is 1. The summed E-state index contributed by atoms with van der Waals surface area (Å²) < 4.78 is 7.41. The van der Waals surface area contributed by atoms with Crippen molar-refractivity contribution < 1.29 is 9.84 Å². The van der Waals surface area contributed by atoms with Gasteiger partial charge in [0.1, 0.15) is 0 Å². The molecule has 0 bridgehead atoms. The molecule has 106 valence electrons. The Hall–Kier alpha value is -1.81. The zero-order valence-corrected chi connectivity index (χ0v) is 11.7. The van der Waals surface area contributed by atoms with Gasteiger partial charge < -0.3 is 14.4 Å². The lowest BCUT2D eigenvalue weighted by molar-refractivity contribution is 0.166. The topological polar surface area (TPSA) is 47.3 Å². The zero-order chi connectivity index (χ0) is 13.9. The Morgan fingerprint density at radius 2 is 2.30 bits per heavy atom. The van der Waals surface area contributed by atoms with E-state index in [4.69, 9.17) is 4.74 Å². The summed E-state index contributed by atoms with van der Waals surface area (Å²) >= 11 is 0. The van der Waals surface area contributed by atoms with Gasteiger partial charge in [-0.25, -0.2) is 4.98 Å². The molecule has 0 radical (unpaired) electrons. The SMILES string of the molecule is COc1ncccc1Cn1cc2c(c1)C(O)CCCC2. The maximum atomic E-state index is 10.2. The first-order valence-electron chi connectivity index (χ1n) is 7.12. The molecule has 1 unspecified atom stereocenters.